The first-order valence-electron chi connectivity index (χ1n) is 27.3. The third kappa shape index (κ3) is 36.7. The minimum Gasteiger partial charge on any atom is -0.457 e. The molecule has 0 radical (unpaired) electrons. The number of hydrogen-bond donors (Lipinski definition) is 4. The van der Waals surface area contributed by atoms with Crippen LogP contribution in [0.5, 0.6) is 0 Å². The van der Waals surface area contributed by atoms with E-state index < -0.39 is 43.4 Å². The second-order valence-corrected chi connectivity index (χ2v) is 19.0. The van der Waals surface area contributed by atoms with Crippen LogP contribution in [0.3, 0.4) is 0 Å². The number of hydrogen-bond acceptors (Lipinski definition) is 9. The molecule has 0 spiro atoms. The molecule has 374 valence electrons. The molecular weight excluding hydrogens is 793 g/mol. The molecule has 0 bridgehead atoms. The molecule has 0 aromatic heterocycles. The van der Waals surface area contributed by atoms with Crippen LogP contribution in [-0.2, 0) is 23.7 Å². The van der Waals surface area contributed by atoms with Gasteiger partial charge in [0.2, 0.25) is 0 Å². The van der Waals surface area contributed by atoms with Gasteiger partial charge in [-0.15, -0.1) is 0 Å². The molecule has 1 fully saturated rings. The highest BCUT2D eigenvalue weighted by molar-refractivity contribution is 5.69. The van der Waals surface area contributed by atoms with Crippen molar-refractivity contribution in [1.82, 2.24) is 0 Å². The van der Waals surface area contributed by atoms with Gasteiger partial charge in [0.05, 0.1) is 19.8 Å². The Morgan fingerprint density at radius 1 is 0.492 bits per heavy atom. The molecule has 1 aliphatic rings. The lowest BCUT2D eigenvalue weighted by atomic mass is 9.99. The van der Waals surface area contributed by atoms with E-state index in [4.69, 9.17) is 18.9 Å². The maximum atomic E-state index is 12.9. The Bertz CT molecular complexity index is 977. The fourth-order valence-corrected chi connectivity index (χ4v) is 8.67. The van der Waals surface area contributed by atoms with Gasteiger partial charge in [0.25, 0.3) is 0 Å². The van der Waals surface area contributed by atoms with E-state index in [1.165, 1.54) is 212 Å². The van der Waals surface area contributed by atoms with Crippen molar-refractivity contribution in [2.24, 2.45) is 0 Å². The van der Waals surface area contributed by atoms with Gasteiger partial charge in [0.15, 0.2) is 6.29 Å². The summed E-state index contributed by atoms with van der Waals surface area (Å²) in [5, 5.41) is 40.3. The van der Waals surface area contributed by atoms with Gasteiger partial charge in [-0.2, -0.15) is 0 Å². The first kappa shape index (κ1) is 59.9. The zero-order chi connectivity index (χ0) is 45.7. The van der Waals surface area contributed by atoms with Crippen molar-refractivity contribution in [3.63, 3.8) is 0 Å². The number of carbonyl (C=O) groups is 1. The minimum atomic E-state index is -1.53. The molecule has 4 N–H and O–H groups in total. The fraction of sp³-hybridized carbons (Fsp3) is 0.944. The third-order valence-corrected chi connectivity index (χ3v) is 12.9. The van der Waals surface area contributed by atoms with Crippen molar-refractivity contribution in [2.45, 2.75) is 301 Å². The fourth-order valence-electron chi connectivity index (χ4n) is 8.67. The van der Waals surface area contributed by atoms with Crippen molar-refractivity contribution in [3.8, 4) is 0 Å². The monoisotopic (exact) mass is 897 g/mol. The summed E-state index contributed by atoms with van der Waals surface area (Å²) in [5.74, 6) is -0.307. The highest BCUT2D eigenvalue weighted by Crippen LogP contribution is 2.23. The van der Waals surface area contributed by atoms with Crippen LogP contribution in [0.4, 0.5) is 0 Å². The number of esters is 1. The molecule has 0 aromatic rings. The van der Waals surface area contributed by atoms with Crippen molar-refractivity contribution in [2.75, 3.05) is 26.4 Å². The summed E-state index contributed by atoms with van der Waals surface area (Å²) in [6.45, 7) is 4.62. The van der Waals surface area contributed by atoms with Gasteiger partial charge >= 0.3 is 5.97 Å². The van der Waals surface area contributed by atoms with Gasteiger partial charge in [-0.1, -0.05) is 231 Å². The molecule has 0 aliphatic carbocycles. The molecule has 6 atom stereocenters. The van der Waals surface area contributed by atoms with Crippen LogP contribution in [0.2, 0.25) is 0 Å². The van der Waals surface area contributed by atoms with Crippen molar-refractivity contribution >= 4 is 5.97 Å². The topological polar surface area (TPSA) is 135 Å². The molecule has 0 aromatic carbocycles. The Kier molecular flexibility index (Phi) is 43.8. The van der Waals surface area contributed by atoms with E-state index in [0.717, 1.165) is 32.1 Å². The molecule has 1 aliphatic heterocycles. The normalized spacial score (nSPS) is 19.6. The van der Waals surface area contributed by atoms with Crippen LogP contribution in [0.25, 0.3) is 0 Å². The van der Waals surface area contributed by atoms with E-state index in [1.807, 2.05) is 0 Å². The van der Waals surface area contributed by atoms with Crippen molar-refractivity contribution in [1.29, 1.82) is 0 Å². The molecule has 1 rings (SSSR count). The van der Waals surface area contributed by atoms with E-state index in [9.17, 15) is 25.2 Å². The third-order valence-electron chi connectivity index (χ3n) is 12.9. The predicted octanol–water partition coefficient (Wildman–Crippen LogP) is 13.5. The first-order valence-corrected chi connectivity index (χ1v) is 27.3. The Morgan fingerprint density at radius 2 is 0.873 bits per heavy atom. The van der Waals surface area contributed by atoms with E-state index >= 15 is 0 Å². The van der Waals surface area contributed by atoms with Gasteiger partial charge in [-0.3, -0.25) is 4.79 Å². The molecule has 63 heavy (non-hydrogen) atoms. The average molecular weight is 897 g/mol. The number of allylic oxidation sites excluding steroid dienone is 2. The number of aliphatic hydroxyl groups excluding tert-OH is 4. The molecule has 0 saturated carbocycles. The molecule has 9 nitrogen and oxygen atoms in total. The number of rotatable bonds is 48. The van der Waals surface area contributed by atoms with E-state index in [0.29, 0.717) is 13.0 Å². The lowest BCUT2D eigenvalue weighted by molar-refractivity contribution is -0.305. The number of carbonyl (C=O) groups excluding carboxylic acids is 1. The van der Waals surface area contributed by atoms with Crippen LogP contribution in [-0.4, -0.2) is 89.6 Å². The van der Waals surface area contributed by atoms with E-state index in [1.54, 1.807) is 0 Å². The maximum Gasteiger partial charge on any atom is 0.306 e. The highest BCUT2D eigenvalue weighted by Gasteiger charge is 2.44. The van der Waals surface area contributed by atoms with Gasteiger partial charge in [0, 0.05) is 13.0 Å². The zero-order valence-electron chi connectivity index (χ0n) is 41.4. The molecule has 1 heterocycles. The van der Waals surface area contributed by atoms with Crippen LogP contribution in [0.15, 0.2) is 12.2 Å². The summed E-state index contributed by atoms with van der Waals surface area (Å²) in [6, 6.07) is 0. The number of aliphatic hydroxyl groups is 4. The van der Waals surface area contributed by atoms with Gasteiger partial charge in [-0.05, 0) is 38.5 Å². The molecular formula is C54H104O9. The van der Waals surface area contributed by atoms with Crippen molar-refractivity contribution in [3.05, 3.63) is 12.2 Å². The van der Waals surface area contributed by atoms with E-state index in [2.05, 4.69) is 26.0 Å². The summed E-state index contributed by atoms with van der Waals surface area (Å²) in [5.41, 5.74) is 0. The minimum absolute atomic E-state index is 0.107. The highest BCUT2D eigenvalue weighted by atomic mass is 16.7. The Labute approximate surface area is 388 Å². The maximum absolute atomic E-state index is 12.9. The van der Waals surface area contributed by atoms with Gasteiger partial charge in [0.1, 0.15) is 30.5 Å². The quantitative estimate of drug-likeness (QED) is 0.0267. The second-order valence-electron chi connectivity index (χ2n) is 19.0. The Morgan fingerprint density at radius 3 is 1.29 bits per heavy atom. The van der Waals surface area contributed by atoms with Crippen LogP contribution >= 0.6 is 0 Å². The second kappa shape index (κ2) is 46.1. The Hall–Kier alpha value is -1.07. The molecule has 6 unspecified atom stereocenters. The number of ether oxygens (including phenoxy) is 4. The largest absolute Gasteiger partial charge is 0.457 e. The lowest BCUT2D eigenvalue weighted by Crippen LogP contribution is -2.59. The summed E-state index contributed by atoms with van der Waals surface area (Å²) < 4.78 is 22.9. The summed E-state index contributed by atoms with van der Waals surface area (Å²) >= 11 is 0. The lowest BCUT2D eigenvalue weighted by Gasteiger charge is -2.39. The Balaban J connectivity index is 2.14. The smallest absolute Gasteiger partial charge is 0.306 e. The standard InChI is InChI=1S/C54H104O9/c1-3-5-7-9-11-13-15-17-19-20-21-22-23-24-25-26-27-28-29-31-33-35-37-39-41-43-50(56)62-48(47-61-54-53(59)52(58)51(57)49(45-55)63-54)46-60-44-42-40-38-36-34-32-30-18-16-14-12-10-8-6-4-2/h20-21,48-49,51-55,57-59H,3-19,22-47H2,1-2H3/b21-20-. The average Bonchev–Trinajstić information content (AvgIpc) is 3.28. The van der Waals surface area contributed by atoms with Crippen LogP contribution in [0.1, 0.15) is 264 Å². The predicted molar refractivity (Wildman–Crippen MR) is 261 cm³/mol. The molecule has 9 heteroatoms. The van der Waals surface area contributed by atoms with Crippen LogP contribution in [0, 0.1) is 0 Å². The molecule has 1 saturated heterocycles. The number of unbranched alkanes of at least 4 members (excludes halogenated alkanes) is 35. The molecule has 0 amide bonds. The van der Waals surface area contributed by atoms with Gasteiger partial charge < -0.3 is 39.4 Å². The zero-order valence-corrected chi connectivity index (χ0v) is 41.4. The van der Waals surface area contributed by atoms with Crippen molar-refractivity contribution < 1.29 is 44.2 Å². The SMILES string of the molecule is CCCCCCCCCC/C=C\CCCCCCCCCCCCCCCC(=O)OC(COCCCCCCCCCCCCCCCCC)COC1OC(CO)C(O)C(O)C1O. The van der Waals surface area contributed by atoms with Gasteiger partial charge in [-0.25, -0.2) is 0 Å². The summed E-state index contributed by atoms with van der Waals surface area (Å²) in [4.78, 5) is 12.9. The van der Waals surface area contributed by atoms with E-state index in [-0.39, 0.29) is 19.2 Å². The summed E-state index contributed by atoms with van der Waals surface area (Å²) in [7, 11) is 0. The first-order chi connectivity index (χ1) is 30.9. The summed E-state index contributed by atoms with van der Waals surface area (Å²) in [6.07, 6.45) is 46.8. The van der Waals surface area contributed by atoms with Crippen LogP contribution < -0.4 is 0 Å².